The highest BCUT2D eigenvalue weighted by Gasteiger charge is 2.19. The standard InChI is InChI=1S/C14H23NO2S/c1-4-12(5-2)15(8-9-16)10-13(17)14-7-6-11(3)18-14/h6-7,12,16H,4-5,8-10H2,1-3H3. The van der Waals surface area contributed by atoms with Gasteiger partial charge in [-0.2, -0.15) is 0 Å². The normalized spacial score (nSPS) is 11.4. The van der Waals surface area contributed by atoms with Crippen molar-refractivity contribution >= 4 is 17.1 Å². The molecular formula is C14H23NO2S. The van der Waals surface area contributed by atoms with Crippen LogP contribution in [0.25, 0.3) is 0 Å². The summed E-state index contributed by atoms with van der Waals surface area (Å²) in [5.41, 5.74) is 0. The maximum absolute atomic E-state index is 12.2. The summed E-state index contributed by atoms with van der Waals surface area (Å²) in [4.78, 5) is 16.2. The third kappa shape index (κ3) is 4.19. The lowest BCUT2D eigenvalue weighted by molar-refractivity contribution is 0.0854. The fourth-order valence-electron chi connectivity index (χ4n) is 2.17. The van der Waals surface area contributed by atoms with Crippen LogP contribution in [0.3, 0.4) is 0 Å². The third-order valence-corrected chi connectivity index (χ3v) is 4.25. The molecule has 1 rings (SSSR count). The topological polar surface area (TPSA) is 40.5 Å². The lowest BCUT2D eigenvalue weighted by Gasteiger charge is -2.28. The number of carbonyl (C=O) groups excluding carboxylic acids is 1. The van der Waals surface area contributed by atoms with E-state index in [1.807, 2.05) is 19.1 Å². The minimum absolute atomic E-state index is 0.104. The van der Waals surface area contributed by atoms with Crippen molar-refractivity contribution in [2.24, 2.45) is 0 Å². The highest BCUT2D eigenvalue weighted by Crippen LogP contribution is 2.17. The van der Waals surface area contributed by atoms with Crippen LogP contribution in [0.2, 0.25) is 0 Å². The maximum atomic E-state index is 12.2. The predicted octanol–water partition coefficient (Wildman–Crippen LogP) is 2.72. The SMILES string of the molecule is CCC(CC)N(CCO)CC(=O)c1ccc(C)s1. The van der Waals surface area contributed by atoms with Crippen molar-refractivity contribution in [1.29, 1.82) is 0 Å². The Morgan fingerprint density at radius 1 is 1.39 bits per heavy atom. The molecule has 0 fully saturated rings. The van der Waals surface area contributed by atoms with Crippen LogP contribution < -0.4 is 0 Å². The number of aliphatic hydroxyl groups excluding tert-OH is 1. The first-order chi connectivity index (χ1) is 8.62. The van der Waals surface area contributed by atoms with Crippen molar-refractivity contribution in [1.82, 2.24) is 4.90 Å². The summed E-state index contributed by atoms with van der Waals surface area (Å²) in [6.07, 6.45) is 2.01. The largest absolute Gasteiger partial charge is 0.395 e. The quantitative estimate of drug-likeness (QED) is 0.738. The smallest absolute Gasteiger partial charge is 0.186 e. The van der Waals surface area contributed by atoms with E-state index in [1.54, 1.807) is 11.3 Å². The Balaban J connectivity index is 2.68. The first-order valence-corrected chi connectivity index (χ1v) is 7.38. The van der Waals surface area contributed by atoms with Crippen LogP contribution in [0.5, 0.6) is 0 Å². The van der Waals surface area contributed by atoms with E-state index in [-0.39, 0.29) is 12.4 Å². The molecule has 0 saturated carbocycles. The van der Waals surface area contributed by atoms with Crippen molar-refractivity contribution in [3.63, 3.8) is 0 Å². The third-order valence-electron chi connectivity index (χ3n) is 3.21. The van der Waals surface area contributed by atoms with E-state index in [2.05, 4.69) is 18.7 Å². The van der Waals surface area contributed by atoms with Crippen molar-refractivity contribution in [2.45, 2.75) is 39.7 Å². The molecule has 0 aliphatic carbocycles. The summed E-state index contributed by atoms with van der Waals surface area (Å²) in [5, 5.41) is 9.11. The Morgan fingerprint density at radius 3 is 2.50 bits per heavy atom. The van der Waals surface area contributed by atoms with E-state index in [9.17, 15) is 4.79 Å². The molecule has 1 aromatic heterocycles. The first kappa shape index (κ1) is 15.3. The number of hydrogen-bond donors (Lipinski definition) is 1. The van der Waals surface area contributed by atoms with Crippen LogP contribution in [0.15, 0.2) is 12.1 Å². The van der Waals surface area contributed by atoms with E-state index in [0.717, 1.165) is 22.6 Å². The number of Topliss-reactive ketones (excluding diaryl/α,β-unsaturated/α-hetero) is 1. The van der Waals surface area contributed by atoms with Gasteiger partial charge in [0.2, 0.25) is 0 Å². The van der Waals surface area contributed by atoms with Gasteiger partial charge < -0.3 is 5.11 Å². The molecule has 1 aromatic rings. The summed E-state index contributed by atoms with van der Waals surface area (Å²) in [6.45, 7) is 7.34. The molecule has 0 amide bonds. The average Bonchev–Trinajstić information content (AvgIpc) is 2.77. The van der Waals surface area contributed by atoms with Gasteiger partial charge in [-0.05, 0) is 31.9 Å². The van der Waals surface area contributed by atoms with Gasteiger partial charge in [0.1, 0.15) is 0 Å². The summed E-state index contributed by atoms with van der Waals surface area (Å²) < 4.78 is 0. The lowest BCUT2D eigenvalue weighted by atomic mass is 10.1. The van der Waals surface area contributed by atoms with Gasteiger partial charge in [-0.25, -0.2) is 0 Å². The number of ketones is 1. The van der Waals surface area contributed by atoms with Gasteiger partial charge in [-0.3, -0.25) is 9.69 Å². The second-order valence-corrected chi connectivity index (χ2v) is 5.79. The Morgan fingerprint density at radius 2 is 2.06 bits per heavy atom. The zero-order valence-corrected chi connectivity index (χ0v) is 12.3. The maximum Gasteiger partial charge on any atom is 0.186 e. The molecule has 0 saturated heterocycles. The number of aryl methyl sites for hydroxylation is 1. The number of carbonyl (C=O) groups is 1. The van der Waals surface area contributed by atoms with E-state index in [4.69, 9.17) is 5.11 Å². The van der Waals surface area contributed by atoms with E-state index in [1.165, 1.54) is 0 Å². The Kier molecular flexibility index (Phi) is 6.54. The lowest BCUT2D eigenvalue weighted by Crippen LogP contribution is -2.40. The molecule has 0 aromatic carbocycles. The Hall–Kier alpha value is -0.710. The van der Waals surface area contributed by atoms with Gasteiger partial charge in [0.05, 0.1) is 18.0 Å². The zero-order valence-electron chi connectivity index (χ0n) is 11.5. The van der Waals surface area contributed by atoms with Crippen molar-refractivity contribution in [3.8, 4) is 0 Å². The molecule has 0 unspecified atom stereocenters. The summed E-state index contributed by atoms with van der Waals surface area (Å²) >= 11 is 1.54. The monoisotopic (exact) mass is 269 g/mol. The molecule has 3 nitrogen and oxygen atoms in total. The number of hydrogen-bond acceptors (Lipinski definition) is 4. The van der Waals surface area contributed by atoms with E-state index >= 15 is 0 Å². The number of nitrogens with zero attached hydrogens (tertiary/aromatic N) is 1. The van der Waals surface area contributed by atoms with Crippen LogP contribution >= 0.6 is 11.3 Å². The van der Waals surface area contributed by atoms with E-state index in [0.29, 0.717) is 19.1 Å². The minimum atomic E-state index is 0.104. The molecule has 0 aliphatic rings. The van der Waals surface area contributed by atoms with Crippen LogP contribution in [0.4, 0.5) is 0 Å². The van der Waals surface area contributed by atoms with Gasteiger partial charge in [0.15, 0.2) is 5.78 Å². The molecule has 1 heterocycles. The highest BCUT2D eigenvalue weighted by atomic mass is 32.1. The molecular weight excluding hydrogens is 246 g/mol. The average molecular weight is 269 g/mol. The van der Waals surface area contributed by atoms with Gasteiger partial charge in [-0.15, -0.1) is 11.3 Å². The summed E-state index contributed by atoms with van der Waals surface area (Å²) in [6, 6.07) is 4.25. The number of rotatable bonds is 8. The second-order valence-electron chi connectivity index (χ2n) is 4.50. The Bertz CT molecular complexity index is 372. The molecule has 18 heavy (non-hydrogen) atoms. The van der Waals surface area contributed by atoms with Crippen molar-refractivity contribution < 1.29 is 9.90 Å². The molecule has 102 valence electrons. The molecule has 0 atom stereocenters. The first-order valence-electron chi connectivity index (χ1n) is 6.56. The fourth-order valence-corrected chi connectivity index (χ4v) is 2.97. The van der Waals surface area contributed by atoms with Crippen molar-refractivity contribution in [3.05, 3.63) is 21.9 Å². The molecule has 0 aliphatic heterocycles. The van der Waals surface area contributed by atoms with Crippen molar-refractivity contribution in [2.75, 3.05) is 19.7 Å². The van der Waals surface area contributed by atoms with E-state index < -0.39 is 0 Å². The van der Waals surface area contributed by atoms with Crippen LogP contribution in [0.1, 0.15) is 41.2 Å². The molecule has 0 bridgehead atoms. The number of thiophene rings is 1. The summed E-state index contributed by atoms with van der Waals surface area (Å²) in [5.74, 6) is 0.161. The second kappa shape index (κ2) is 7.67. The molecule has 0 radical (unpaired) electrons. The van der Waals surface area contributed by atoms with Gasteiger partial charge in [-0.1, -0.05) is 13.8 Å². The summed E-state index contributed by atoms with van der Waals surface area (Å²) in [7, 11) is 0. The zero-order chi connectivity index (χ0) is 13.5. The number of aliphatic hydroxyl groups is 1. The Labute approximate surface area is 113 Å². The van der Waals surface area contributed by atoms with Crippen LogP contribution in [0, 0.1) is 6.92 Å². The van der Waals surface area contributed by atoms with Gasteiger partial charge in [0.25, 0.3) is 0 Å². The predicted molar refractivity (Wildman–Crippen MR) is 76.4 cm³/mol. The molecule has 0 spiro atoms. The molecule has 4 heteroatoms. The molecule has 1 N–H and O–H groups in total. The minimum Gasteiger partial charge on any atom is -0.395 e. The van der Waals surface area contributed by atoms with Gasteiger partial charge in [0, 0.05) is 17.5 Å². The van der Waals surface area contributed by atoms with Crippen LogP contribution in [-0.2, 0) is 0 Å². The van der Waals surface area contributed by atoms with Gasteiger partial charge >= 0.3 is 0 Å². The fraction of sp³-hybridized carbons (Fsp3) is 0.643. The van der Waals surface area contributed by atoms with Crippen LogP contribution in [-0.4, -0.2) is 41.5 Å². The highest BCUT2D eigenvalue weighted by molar-refractivity contribution is 7.14.